The molecule has 0 radical (unpaired) electrons. The van der Waals surface area contributed by atoms with Crippen LogP contribution in [0, 0.1) is 5.92 Å². The maximum absolute atomic E-state index is 12.3. The predicted octanol–water partition coefficient (Wildman–Crippen LogP) is 1.76. The molecule has 0 aromatic heterocycles. The molecule has 3 N–H and O–H groups in total. The number of amides is 1. The zero-order chi connectivity index (χ0) is 14.1. The van der Waals surface area contributed by atoms with Gasteiger partial charge in [0.1, 0.15) is 0 Å². The number of carbonyl (C=O) groups excluding carboxylic acids is 1. The molecule has 2 fully saturated rings. The molecule has 0 spiro atoms. The lowest BCUT2D eigenvalue weighted by Gasteiger charge is -2.25. The van der Waals surface area contributed by atoms with Crippen molar-refractivity contribution in [1.82, 2.24) is 5.32 Å². The first-order chi connectivity index (χ1) is 9.65. The molecule has 4 heteroatoms. The Hall–Kier alpha value is -1.39. The summed E-state index contributed by atoms with van der Waals surface area (Å²) in [6.45, 7) is 1.89. The van der Waals surface area contributed by atoms with Crippen LogP contribution < -0.4 is 11.1 Å². The normalized spacial score (nSPS) is 31.0. The van der Waals surface area contributed by atoms with Crippen molar-refractivity contribution in [1.29, 1.82) is 0 Å². The lowest BCUT2D eigenvalue weighted by molar-refractivity contribution is -0.126. The SMILES string of the molecule is CC(C(=O)NC1CC2CCC1O2)C(N)c1ccccc1. The molecular formula is C16H22N2O2. The minimum atomic E-state index is -0.268. The molecule has 5 atom stereocenters. The number of hydrogen-bond acceptors (Lipinski definition) is 3. The van der Waals surface area contributed by atoms with E-state index in [2.05, 4.69) is 5.32 Å². The second kappa shape index (κ2) is 5.54. The summed E-state index contributed by atoms with van der Waals surface area (Å²) in [5, 5.41) is 3.12. The Labute approximate surface area is 119 Å². The zero-order valence-electron chi connectivity index (χ0n) is 11.8. The van der Waals surface area contributed by atoms with E-state index in [-0.39, 0.29) is 30.0 Å². The Balaban J connectivity index is 1.59. The summed E-state index contributed by atoms with van der Waals surface area (Å²) in [5.74, 6) is -0.209. The van der Waals surface area contributed by atoms with Gasteiger partial charge in [0.25, 0.3) is 0 Å². The van der Waals surface area contributed by atoms with E-state index in [1.54, 1.807) is 0 Å². The average Bonchev–Trinajstić information content (AvgIpc) is 3.09. The summed E-state index contributed by atoms with van der Waals surface area (Å²) in [5.41, 5.74) is 7.20. The predicted molar refractivity (Wildman–Crippen MR) is 77.0 cm³/mol. The van der Waals surface area contributed by atoms with Gasteiger partial charge < -0.3 is 15.8 Å². The van der Waals surface area contributed by atoms with Gasteiger partial charge in [0.2, 0.25) is 5.91 Å². The Kier molecular flexibility index (Phi) is 3.76. The fourth-order valence-corrected chi connectivity index (χ4v) is 3.23. The van der Waals surface area contributed by atoms with E-state index in [9.17, 15) is 4.79 Å². The van der Waals surface area contributed by atoms with Crippen LogP contribution in [0.5, 0.6) is 0 Å². The number of benzene rings is 1. The van der Waals surface area contributed by atoms with Gasteiger partial charge in [-0.3, -0.25) is 4.79 Å². The van der Waals surface area contributed by atoms with E-state index >= 15 is 0 Å². The monoisotopic (exact) mass is 274 g/mol. The molecule has 2 heterocycles. The van der Waals surface area contributed by atoms with Crippen LogP contribution in [-0.4, -0.2) is 24.2 Å². The molecule has 0 saturated carbocycles. The van der Waals surface area contributed by atoms with Crippen LogP contribution in [0.2, 0.25) is 0 Å². The molecule has 2 aliphatic heterocycles. The topological polar surface area (TPSA) is 64.3 Å². The highest BCUT2D eigenvalue weighted by atomic mass is 16.5. The number of nitrogens with two attached hydrogens (primary N) is 1. The molecule has 4 nitrogen and oxygen atoms in total. The Morgan fingerprint density at radius 1 is 1.35 bits per heavy atom. The number of hydrogen-bond donors (Lipinski definition) is 2. The smallest absolute Gasteiger partial charge is 0.225 e. The van der Waals surface area contributed by atoms with E-state index in [1.165, 1.54) is 0 Å². The first-order valence-corrected chi connectivity index (χ1v) is 7.41. The van der Waals surface area contributed by atoms with Gasteiger partial charge in [-0.25, -0.2) is 0 Å². The van der Waals surface area contributed by atoms with Crippen molar-refractivity contribution in [3.63, 3.8) is 0 Å². The Bertz CT molecular complexity index is 477. The van der Waals surface area contributed by atoms with E-state index in [0.29, 0.717) is 6.10 Å². The molecule has 2 bridgehead atoms. The maximum Gasteiger partial charge on any atom is 0.225 e. The standard InChI is InChI=1S/C16H22N2O2/c1-10(15(17)11-5-3-2-4-6-11)16(19)18-13-9-12-7-8-14(13)20-12/h2-6,10,12-15H,7-9,17H2,1H3,(H,18,19). The summed E-state index contributed by atoms with van der Waals surface area (Å²) in [6.07, 6.45) is 3.71. The van der Waals surface area contributed by atoms with Crippen LogP contribution in [0.4, 0.5) is 0 Å². The van der Waals surface area contributed by atoms with Crippen LogP contribution in [0.3, 0.4) is 0 Å². The number of carbonyl (C=O) groups is 1. The van der Waals surface area contributed by atoms with E-state index in [4.69, 9.17) is 10.5 Å². The molecule has 1 amide bonds. The van der Waals surface area contributed by atoms with Gasteiger partial charge in [-0.15, -0.1) is 0 Å². The van der Waals surface area contributed by atoms with Crippen molar-refractivity contribution in [3.8, 4) is 0 Å². The fraction of sp³-hybridized carbons (Fsp3) is 0.562. The molecule has 5 unspecified atom stereocenters. The summed E-state index contributed by atoms with van der Waals surface area (Å²) in [4.78, 5) is 12.3. The van der Waals surface area contributed by atoms with Crippen molar-refractivity contribution >= 4 is 5.91 Å². The minimum absolute atomic E-state index is 0.0301. The molecule has 1 aromatic carbocycles. The molecule has 2 saturated heterocycles. The van der Waals surface area contributed by atoms with Crippen LogP contribution in [-0.2, 0) is 9.53 Å². The maximum atomic E-state index is 12.3. The third kappa shape index (κ3) is 2.58. The second-order valence-corrected chi connectivity index (χ2v) is 5.95. The third-order valence-corrected chi connectivity index (χ3v) is 4.57. The van der Waals surface area contributed by atoms with Gasteiger partial charge in [-0.05, 0) is 24.8 Å². The summed E-state index contributed by atoms with van der Waals surface area (Å²) < 4.78 is 5.76. The molecular weight excluding hydrogens is 252 g/mol. The fourth-order valence-electron chi connectivity index (χ4n) is 3.23. The van der Waals surface area contributed by atoms with Crippen molar-refractivity contribution in [2.45, 2.75) is 50.5 Å². The summed E-state index contributed by atoms with van der Waals surface area (Å²) in [6, 6.07) is 9.69. The third-order valence-electron chi connectivity index (χ3n) is 4.57. The first kappa shape index (κ1) is 13.6. The van der Waals surface area contributed by atoms with Gasteiger partial charge in [0.15, 0.2) is 0 Å². The lowest BCUT2D eigenvalue weighted by Crippen LogP contribution is -2.45. The molecule has 3 rings (SSSR count). The van der Waals surface area contributed by atoms with Crippen LogP contribution in [0.1, 0.15) is 37.8 Å². The van der Waals surface area contributed by atoms with Crippen molar-refractivity contribution in [2.75, 3.05) is 0 Å². The van der Waals surface area contributed by atoms with Gasteiger partial charge in [-0.1, -0.05) is 37.3 Å². The summed E-state index contributed by atoms with van der Waals surface area (Å²) in [7, 11) is 0. The van der Waals surface area contributed by atoms with E-state index in [1.807, 2.05) is 37.3 Å². The van der Waals surface area contributed by atoms with Crippen molar-refractivity contribution < 1.29 is 9.53 Å². The Morgan fingerprint density at radius 3 is 2.70 bits per heavy atom. The molecule has 20 heavy (non-hydrogen) atoms. The zero-order valence-corrected chi connectivity index (χ0v) is 11.8. The highest BCUT2D eigenvalue weighted by Gasteiger charge is 2.42. The highest BCUT2D eigenvalue weighted by molar-refractivity contribution is 5.79. The molecule has 2 aliphatic rings. The number of ether oxygens (including phenoxy) is 1. The molecule has 0 aliphatic carbocycles. The highest BCUT2D eigenvalue weighted by Crippen LogP contribution is 2.34. The first-order valence-electron chi connectivity index (χ1n) is 7.41. The lowest BCUT2D eigenvalue weighted by atomic mass is 9.92. The molecule has 1 aromatic rings. The summed E-state index contributed by atoms with van der Waals surface area (Å²) >= 11 is 0. The number of fused-ring (bicyclic) bond motifs is 2. The Morgan fingerprint density at radius 2 is 2.10 bits per heavy atom. The van der Waals surface area contributed by atoms with Gasteiger partial charge in [0.05, 0.1) is 24.2 Å². The van der Waals surface area contributed by atoms with Gasteiger partial charge >= 0.3 is 0 Å². The number of nitrogens with one attached hydrogen (secondary N) is 1. The van der Waals surface area contributed by atoms with E-state index < -0.39 is 0 Å². The van der Waals surface area contributed by atoms with Crippen LogP contribution in [0.15, 0.2) is 30.3 Å². The average molecular weight is 274 g/mol. The van der Waals surface area contributed by atoms with Crippen molar-refractivity contribution in [3.05, 3.63) is 35.9 Å². The van der Waals surface area contributed by atoms with Gasteiger partial charge in [0, 0.05) is 6.04 Å². The second-order valence-electron chi connectivity index (χ2n) is 5.95. The van der Waals surface area contributed by atoms with E-state index in [0.717, 1.165) is 24.8 Å². The number of rotatable bonds is 4. The largest absolute Gasteiger partial charge is 0.373 e. The molecule has 108 valence electrons. The van der Waals surface area contributed by atoms with Gasteiger partial charge in [-0.2, -0.15) is 0 Å². The van der Waals surface area contributed by atoms with Crippen LogP contribution >= 0.6 is 0 Å². The minimum Gasteiger partial charge on any atom is -0.373 e. The van der Waals surface area contributed by atoms with Crippen molar-refractivity contribution in [2.24, 2.45) is 11.7 Å². The quantitative estimate of drug-likeness (QED) is 0.879. The van der Waals surface area contributed by atoms with Crippen LogP contribution in [0.25, 0.3) is 0 Å².